The number of primary amides is 1. The van der Waals surface area contributed by atoms with Crippen LogP contribution in [-0.4, -0.2) is 35.1 Å². The second-order valence-electron chi connectivity index (χ2n) is 11.0. The third-order valence-electron chi connectivity index (χ3n) is 6.45. The molecule has 178 valence electrons. The number of carbonyl (C=O) groups is 2. The normalized spacial score (nSPS) is 16.3. The number of rotatable bonds is 6. The zero-order valence-electron chi connectivity index (χ0n) is 20.7. The topological polar surface area (TPSA) is 72.6 Å². The second-order valence-corrected chi connectivity index (χ2v) is 11.0. The molecule has 0 spiro atoms. The third-order valence-corrected chi connectivity index (χ3v) is 6.45. The first-order valence-electron chi connectivity index (χ1n) is 11.9. The summed E-state index contributed by atoms with van der Waals surface area (Å²) in [5.74, 6) is -0.429. The van der Waals surface area contributed by atoms with E-state index in [1.54, 1.807) is 6.07 Å². The van der Waals surface area contributed by atoms with Gasteiger partial charge in [0.05, 0.1) is 0 Å². The van der Waals surface area contributed by atoms with Crippen molar-refractivity contribution in [1.29, 1.82) is 0 Å². The lowest BCUT2D eigenvalue weighted by molar-refractivity contribution is 0.00762. The Bertz CT molecular complexity index is 963. The highest BCUT2D eigenvalue weighted by Crippen LogP contribution is 2.37. The summed E-state index contributed by atoms with van der Waals surface area (Å²) >= 11 is 0. The molecule has 0 atom stereocenters. The summed E-state index contributed by atoms with van der Waals surface area (Å²) in [6.07, 6.45) is 4.82. The van der Waals surface area contributed by atoms with E-state index in [0.29, 0.717) is 17.5 Å². The Morgan fingerprint density at radius 1 is 1.03 bits per heavy atom. The minimum atomic E-state index is -0.510. The fourth-order valence-corrected chi connectivity index (χ4v) is 4.40. The number of hydrogen-bond donors (Lipinski definition) is 1. The van der Waals surface area contributed by atoms with Crippen LogP contribution in [0.3, 0.4) is 0 Å². The van der Waals surface area contributed by atoms with Crippen molar-refractivity contribution in [1.82, 2.24) is 4.90 Å². The third kappa shape index (κ3) is 7.08. The summed E-state index contributed by atoms with van der Waals surface area (Å²) in [5.41, 5.74) is 8.89. The van der Waals surface area contributed by atoms with Gasteiger partial charge in [-0.1, -0.05) is 50.2 Å². The summed E-state index contributed by atoms with van der Waals surface area (Å²) in [7, 11) is 0. The number of benzene rings is 2. The van der Waals surface area contributed by atoms with Crippen LogP contribution in [0, 0.1) is 5.41 Å². The van der Waals surface area contributed by atoms with Gasteiger partial charge in [0, 0.05) is 18.2 Å². The molecule has 33 heavy (non-hydrogen) atoms. The van der Waals surface area contributed by atoms with Crippen molar-refractivity contribution in [2.45, 2.75) is 78.4 Å². The molecule has 2 N–H and O–H groups in total. The Hall–Kier alpha value is -2.82. The Morgan fingerprint density at radius 3 is 2.24 bits per heavy atom. The number of ether oxygens (including phenoxy) is 1. The first kappa shape index (κ1) is 24.8. The zero-order chi connectivity index (χ0) is 24.2. The van der Waals surface area contributed by atoms with Crippen LogP contribution in [0.25, 0.3) is 11.1 Å². The maximum Gasteiger partial charge on any atom is 0.410 e. The van der Waals surface area contributed by atoms with Crippen molar-refractivity contribution in [2.24, 2.45) is 11.1 Å². The van der Waals surface area contributed by atoms with Crippen molar-refractivity contribution in [3.63, 3.8) is 0 Å². The van der Waals surface area contributed by atoms with Crippen molar-refractivity contribution in [3.05, 3.63) is 59.7 Å². The minimum Gasteiger partial charge on any atom is -0.444 e. The van der Waals surface area contributed by atoms with Crippen molar-refractivity contribution >= 4 is 12.0 Å². The molecule has 0 radical (unpaired) electrons. The molecule has 0 aliphatic heterocycles. The number of amides is 2. The van der Waals surface area contributed by atoms with Crippen molar-refractivity contribution in [3.8, 4) is 11.1 Å². The molecule has 0 unspecified atom stereocenters. The summed E-state index contributed by atoms with van der Waals surface area (Å²) in [6, 6.07) is 15.8. The predicted molar refractivity (Wildman–Crippen MR) is 133 cm³/mol. The van der Waals surface area contributed by atoms with E-state index in [1.807, 2.05) is 43.9 Å². The van der Waals surface area contributed by atoms with Gasteiger partial charge in [-0.15, -0.1) is 0 Å². The average molecular weight is 451 g/mol. The van der Waals surface area contributed by atoms with Gasteiger partial charge < -0.3 is 15.4 Å². The molecule has 0 saturated heterocycles. The van der Waals surface area contributed by atoms with Gasteiger partial charge in [-0.05, 0) is 87.1 Å². The van der Waals surface area contributed by atoms with Crippen molar-refractivity contribution < 1.29 is 14.3 Å². The molecule has 0 bridgehead atoms. The van der Waals surface area contributed by atoms with Crippen molar-refractivity contribution in [2.75, 3.05) is 6.54 Å². The van der Waals surface area contributed by atoms with Gasteiger partial charge in [0.2, 0.25) is 5.91 Å². The smallest absolute Gasteiger partial charge is 0.410 e. The summed E-state index contributed by atoms with van der Waals surface area (Å²) in [4.78, 5) is 26.5. The average Bonchev–Trinajstić information content (AvgIpc) is 2.74. The Kier molecular flexibility index (Phi) is 7.51. The molecular weight excluding hydrogens is 412 g/mol. The summed E-state index contributed by atoms with van der Waals surface area (Å²) in [6.45, 7) is 11.0. The fourth-order valence-electron chi connectivity index (χ4n) is 4.40. The summed E-state index contributed by atoms with van der Waals surface area (Å²) < 4.78 is 5.75. The second kappa shape index (κ2) is 9.98. The van der Waals surface area contributed by atoms with Gasteiger partial charge in [0.25, 0.3) is 0 Å². The Morgan fingerprint density at radius 2 is 1.67 bits per heavy atom. The van der Waals surface area contributed by atoms with Crippen LogP contribution in [0.4, 0.5) is 4.79 Å². The number of hydrogen-bond acceptors (Lipinski definition) is 3. The molecule has 0 heterocycles. The van der Waals surface area contributed by atoms with Gasteiger partial charge in [0.1, 0.15) is 5.60 Å². The van der Waals surface area contributed by atoms with E-state index in [2.05, 4.69) is 38.1 Å². The number of nitrogens with zero attached hydrogens (tertiary/aromatic N) is 1. The van der Waals surface area contributed by atoms with Crippen LogP contribution in [0.2, 0.25) is 0 Å². The fraction of sp³-hybridized carbons (Fsp3) is 0.500. The first-order chi connectivity index (χ1) is 15.4. The molecule has 1 saturated carbocycles. The van der Waals surface area contributed by atoms with E-state index in [0.717, 1.165) is 48.8 Å². The lowest BCUT2D eigenvalue weighted by atomic mass is 9.75. The van der Waals surface area contributed by atoms with E-state index in [9.17, 15) is 9.59 Å². The first-order valence-corrected chi connectivity index (χ1v) is 11.9. The molecule has 2 aromatic carbocycles. The highest BCUT2D eigenvalue weighted by molar-refractivity contribution is 5.94. The maximum atomic E-state index is 13.0. The van der Waals surface area contributed by atoms with Crippen LogP contribution in [0.5, 0.6) is 0 Å². The Balaban J connectivity index is 1.70. The molecule has 3 rings (SSSR count). The van der Waals surface area contributed by atoms with Gasteiger partial charge >= 0.3 is 6.09 Å². The SMILES string of the molecule is CC1(C)CCC(N(CCc2ccc(-c3cccc(C(N)=O)c3)cc2)C(=O)OC(C)(C)C)CC1. The molecule has 2 amide bonds. The van der Waals surface area contributed by atoms with E-state index in [4.69, 9.17) is 10.5 Å². The van der Waals surface area contributed by atoms with E-state index in [-0.39, 0.29) is 12.1 Å². The quantitative estimate of drug-likeness (QED) is 0.569. The Labute approximate surface area is 198 Å². The highest BCUT2D eigenvalue weighted by Gasteiger charge is 2.34. The molecule has 2 aromatic rings. The van der Waals surface area contributed by atoms with Crippen LogP contribution in [0.15, 0.2) is 48.5 Å². The minimum absolute atomic E-state index is 0.216. The van der Waals surface area contributed by atoms with Crippen LogP contribution in [-0.2, 0) is 11.2 Å². The van der Waals surface area contributed by atoms with E-state index in [1.165, 1.54) is 0 Å². The van der Waals surface area contributed by atoms with E-state index >= 15 is 0 Å². The van der Waals surface area contributed by atoms with E-state index < -0.39 is 11.5 Å². The van der Waals surface area contributed by atoms with Crippen LogP contribution < -0.4 is 5.73 Å². The molecule has 1 aliphatic carbocycles. The largest absolute Gasteiger partial charge is 0.444 e. The zero-order valence-corrected chi connectivity index (χ0v) is 20.7. The van der Waals surface area contributed by atoms with Gasteiger partial charge in [-0.25, -0.2) is 4.79 Å². The van der Waals surface area contributed by atoms with Gasteiger partial charge in [-0.3, -0.25) is 4.79 Å². The number of carbonyl (C=O) groups excluding carboxylic acids is 2. The van der Waals surface area contributed by atoms with Gasteiger partial charge in [0.15, 0.2) is 0 Å². The maximum absolute atomic E-state index is 13.0. The van der Waals surface area contributed by atoms with Crippen LogP contribution >= 0.6 is 0 Å². The molecule has 5 heteroatoms. The highest BCUT2D eigenvalue weighted by atomic mass is 16.6. The standard InChI is InChI=1S/C28H38N2O3/c1-27(2,3)33-26(32)30(24-13-16-28(4,5)17-14-24)18-15-20-9-11-21(12-10-20)22-7-6-8-23(19-22)25(29)31/h6-12,19,24H,13-18H2,1-5H3,(H2,29,31). The molecule has 1 fully saturated rings. The predicted octanol–water partition coefficient (Wildman–Crippen LogP) is 6.20. The summed E-state index contributed by atoms with van der Waals surface area (Å²) in [5, 5.41) is 0. The molecular formula is C28H38N2O3. The van der Waals surface area contributed by atoms with Gasteiger partial charge in [-0.2, -0.15) is 0 Å². The van der Waals surface area contributed by atoms with Crippen LogP contribution in [0.1, 0.15) is 76.2 Å². The molecule has 5 nitrogen and oxygen atoms in total. The molecule has 0 aromatic heterocycles. The monoisotopic (exact) mass is 450 g/mol. The number of nitrogens with two attached hydrogens (primary N) is 1. The lowest BCUT2D eigenvalue weighted by Crippen LogP contribution is -2.46. The lowest BCUT2D eigenvalue weighted by Gasteiger charge is -2.40. The molecule has 1 aliphatic rings.